The fourth-order valence-electron chi connectivity index (χ4n) is 3.03. The molecule has 0 radical (unpaired) electrons. The van der Waals surface area contributed by atoms with E-state index in [4.69, 9.17) is 9.84 Å². The van der Waals surface area contributed by atoms with Crippen molar-refractivity contribution in [3.8, 4) is 0 Å². The van der Waals surface area contributed by atoms with E-state index in [9.17, 15) is 9.59 Å². The van der Waals surface area contributed by atoms with Crippen LogP contribution in [0.5, 0.6) is 0 Å². The van der Waals surface area contributed by atoms with Gasteiger partial charge in [0.15, 0.2) is 0 Å². The molecule has 2 saturated heterocycles. The Bertz CT molecular complexity index is 382. The van der Waals surface area contributed by atoms with Gasteiger partial charge >= 0.3 is 12.0 Å². The van der Waals surface area contributed by atoms with Gasteiger partial charge in [-0.25, -0.2) is 4.79 Å². The number of rotatable bonds is 4. The Kier molecular flexibility index (Phi) is 5.41. The van der Waals surface area contributed by atoms with E-state index in [2.05, 4.69) is 0 Å². The number of hydrogen-bond donors (Lipinski definition) is 1. The second-order valence-electron chi connectivity index (χ2n) is 5.88. The summed E-state index contributed by atoms with van der Waals surface area (Å²) in [6, 6.07) is -0.406. The third-order valence-electron chi connectivity index (χ3n) is 4.45. The zero-order valence-corrected chi connectivity index (χ0v) is 12.8. The Morgan fingerprint density at radius 1 is 1.19 bits per heavy atom. The molecule has 0 bridgehead atoms. The summed E-state index contributed by atoms with van der Waals surface area (Å²) >= 11 is 0. The van der Waals surface area contributed by atoms with E-state index < -0.39 is 12.0 Å². The van der Waals surface area contributed by atoms with Crippen LogP contribution >= 0.6 is 0 Å². The van der Waals surface area contributed by atoms with E-state index >= 15 is 0 Å². The maximum atomic E-state index is 12.4. The number of methoxy groups -OCH3 is 1. The molecule has 2 atom stereocenters. The summed E-state index contributed by atoms with van der Waals surface area (Å²) < 4.78 is 5.15. The molecule has 2 fully saturated rings. The Morgan fingerprint density at radius 3 is 2.43 bits per heavy atom. The highest BCUT2D eigenvalue weighted by Crippen LogP contribution is 2.19. The number of carboxylic acid groups (broad SMARTS) is 1. The van der Waals surface area contributed by atoms with Crippen LogP contribution in [0.4, 0.5) is 4.79 Å². The molecule has 7 nitrogen and oxygen atoms in total. The number of amides is 2. The van der Waals surface area contributed by atoms with Gasteiger partial charge in [-0.05, 0) is 13.3 Å². The van der Waals surface area contributed by atoms with Crippen molar-refractivity contribution in [3.05, 3.63) is 0 Å². The molecule has 2 heterocycles. The molecule has 2 rings (SSSR count). The lowest BCUT2D eigenvalue weighted by Gasteiger charge is -2.38. The zero-order chi connectivity index (χ0) is 15.4. The molecule has 0 aromatic heterocycles. The highest BCUT2D eigenvalue weighted by Gasteiger charge is 2.32. The van der Waals surface area contributed by atoms with Crippen molar-refractivity contribution in [2.45, 2.75) is 19.4 Å². The molecular formula is C14H25N3O4. The van der Waals surface area contributed by atoms with Crippen molar-refractivity contribution in [1.82, 2.24) is 14.7 Å². The fraction of sp³-hybridized carbons (Fsp3) is 0.857. The Labute approximate surface area is 125 Å². The molecule has 120 valence electrons. The predicted octanol–water partition coefficient (Wildman–Crippen LogP) is 0.165. The number of carboxylic acids is 1. The van der Waals surface area contributed by atoms with Gasteiger partial charge in [-0.15, -0.1) is 0 Å². The highest BCUT2D eigenvalue weighted by molar-refractivity contribution is 5.75. The molecule has 21 heavy (non-hydrogen) atoms. The summed E-state index contributed by atoms with van der Waals surface area (Å²) in [4.78, 5) is 29.0. The van der Waals surface area contributed by atoms with Crippen LogP contribution in [0, 0.1) is 5.92 Å². The Morgan fingerprint density at radius 2 is 1.86 bits per heavy atom. The number of urea groups is 1. The van der Waals surface area contributed by atoms with Crippen LogP contribution in [0.3, 0.4) is 0 Å². The van der Waals surface area contributed by atoms with Crippen LogP contribution in [0.15, 0.2) is 0 Å². The highest BCUT2D eigenvalue weighted by atomic mass is 16.5. The second-order valence-corrected chi connectivity index (χ2v) is 5.88. The normalized spacial score (nSPS) is 25.1. The Hall–Kier alpha value is -1.34. The minimum absolute atomic E-state index is 0.0798. The van der Waals surface area contributed by atoms with Gasteiger partial charge in [0, 0.05) is 52.3 Å². The van der Waals surface area contributed by atoms with Gasteiger partial charge < -0.3 is 19.6 Å². The first-order valence-electron chi connectivity index (χ1n) is 7.52. The van der Waals surface area contributed by atoms with Crippen LogP contribution < -0.4 is 0 Å². The first kappa shape index (κ1) is 16.0. The monoisotopic (exact) mass is 299 g/mol. The topological polar surface area (TPSA) is 73.3 Å². The van der Waals surface area contributed by atoms with Crippen LogP contribution in [-0.2, 0) is 9.53 Å². The van der Waals surface area contributed by atoms with Gasteiger partial charge in [0.05, 0.1) is 6.61 Å². The van der Waals surface area contributed by atoms with E-state index in [-0.39, 0.29) is 6.03 Å². The van der Waals surface area contributed by atoms with Gasteiger partial charge in [0.1, 0.15) is 6.04 Å². The summed E-state index contributed by atoms with van der Waals surface area (Å²) in [5, 5.41) is 9.02. The van der Waals surface area contributed by atoms with Crippen LogP contribution in [-0.4, -0.2) is 90.8 Å². The number of nitrogens with zero attached hydrogens (tertiary/aromatic N) is 3. The SMILES string of the molecule is COCC1CCN(C(=O)N2CCN(C(C)C(=O)O)CC2)C1. The predicted molar refractivity (Wildman–Crippen MR) is 77.2 cm³/mol. The van der Waals surface area contributed by atoms with E-state index in [1.807, 2.05) is 14.7 Å². The average Bonchev–Trinajstić information content (AvgIpc) is 2.95. The lowest BCUT2D eigenvalue weighted by molar-refractivity contribution is -0.143. The first-order valence-corrected chi connectivity index (χ1v) is 7.52. The van der Waals surface area contributed by atoms with E-state index in [0.717, 1.165) is 19.5 Å². The van der Waals surface area contributed by atoms with E-state index in [1.54, 1.807) is 14.0 Å². The average molecular weight is 299 g/mol. The molecule has 1 N–H and O–H groups in total. The number of likely N-dealkylation sites (tertiary alicyclic amines) is 1. The number of ether oxygens (including phenoxy) is 1. The smallest absolute Gasteiger partial charge is 0.320 e. The number of aliphatic carboxylic acids is 1. The number of carbonyl (C=O) groups is 2. The summed E-state index contributed by atoms with van der Waals surface area (Å²) in [6.07, 6.45) is 0.996. The quantitative estimate of drug-likeness (QED) is 0.801. The van der Waals surface area contributed by atoms with Crippen molar-refractivity contribution in [3.63, 3.8) is 0 Å². The molecule has 0 saturated carbocycles. The third kappa shape index (κ3) is 3.85. The lowest BCUT2D eigenvalue weighted by atomic mass is 10.1. The molecule has 0 spiro atoms. The molecule has 2 aliphatic rings. The van der Waals surface area contributed by atoms with Gasteiger partial charge in [-0.3, -0.25) is 9.69 Å². The lowest BCUT2D eigenvalue weighted by Crippen LogP contribution is -2.55. The van der Waals surface area contributed by atoms with Crippen LogP contribution in [0.25, 0.3) is 0 Å². The van der Waals surface area contributed by atoms with E-state index in [0.29, 0.717) is 38.7 Å². The summed E-state index contributed by atoms with van der Waals surface area (Å²) in [7, 11) is 1.69. The molecule has 7 heteroatoms. The van der Waals surface area contributed by atoms with Gasteiger partial charge in [0.25, 0.3) is 0 Å². The standard InChI is InChI=1S/C14H25N3O4/c1-11(13(18)19)15-5-7-16(8-6-15)14(20)17-4-3-12(9-17)10-21-2/h11-12H,3-10H2,1-2H3,(H,18,19). The molecular weight excluding hydrogens is 274 g/mol. The summed E-state index contributed by atoms with van der Waals surface area (Å²) in [5.74, 6) is -0.371. The van der Waals surface area contributed by atoms with Crippen molar-refractivity contribution >= 4 is 12.0 Å². The van der Waals surface area contributed by atoms with Crippen molar-refractivity contribution in [2.24, 2.45) is 5.92 Å². The van der Waals surface area contributed by atoms with Gasteiger partial charge in [0.2, 0.25) is 0 Å². The number of hydrogen-bond acceptors (Lipinski definition) is 4. The maximum Gasteiger partial charge on any atom is 0.320 e. The van der Waals surface area contributed by atoms with Crippen LogP contribution in [0.2, 0.25) is 0 Å². The molecule has 0 aromatic rings. The number of piperazine rings is 1. The number of carbonyl (C=O) groups excluding carboxylic acids is 1. The fourth-order valence-corrected chi connectivity index (χ4v) is 3.03. The maximum absolute atomic E-state index is 12.4. The minimum atomic E-state index is -0.809. The summed E-state index contributed by atoms with van der Waals surface area (Å²) in [6.45, 7) is 6.38. The van der Waals surface area contributed by atoms with Gasteiger partial charge in [-0.1, -0.05) is 0 Å². The molecule has 0 aromatic carbocycles. The van der Waals surface area contributed by atoms with Crippen molar-refractivity contribution < 1.29 is 19.4 Å². The Balaban J connectivity index is 1.80. The van der Waals surface area contributed by atoms with Crippen molar-refractivity contribution in [1.29, 1.82) is 0 Å². The van der Waals surface area contributed by atoms with Crippen LogP contribution in [0.1, 0.15) is 13.3 Å². The molecule has 2 unspecified atom stereocenters. The molecule has 2 amide bonds. The molecule has 2 aliphatic heterocycles. The second kappa shape index (κ2) is 7.09. The van der Waals surface area contributed by atoms with E-state index in [1.165, 1.54) is 0 Å². The van der Waals surface area contributed by atoms with Crippen molar-refractivity contribution in [2.75, 3.05) is 53.0 Å². The summed E-state index contributed by atoms with van der Waals surface area (Å²) in [5.41, 5.74) is 0. The minimum Gasteiger partial charge on any atom is -0.480 e. The third-order valence-corrected chi connectivity index (χ3v) is 4.45. The first-order chi connectivity index (χ1) is 10.0. The van der Waals surface area contributed by atoms with Gasteiger partial charge in [-0.2, -0.15) is 0 Å². The molecule has 0 aliphatic carbocycles. The largest absolute Gasteiger partial charge is 0.480 e. The zero-order valence-electron chi connectivity index (χ0n) is 12.8.